The van der Waals surface area contributed by atoms with Gasteiger partial charge in [-0.15, -0.1) is 0 Å². The van der Waals surface area contributed by atoms with Crippen LogP contribution < -0.4 is 16.0 Å². The lowest BCUT2D eigenvalue weighted by Gasteiger charge is -2.22. The van der Waals surface area contributed by atoms with E-state index in [1.807, 2.05) is 6.07 Å². The molecule has 0 aliphatic carbocycles. The molecular formula is C33H53N3O. The van der Waals surface area contributed by atoms with Gasteiger partial charge in [0, 0.05) is 18.3 Å². The maximum absolute atomic E-state index is 13.0. The van der Waals surface area contributed by atoms with Crippen LogP contribution in [0.3, 0.4) is 0 Å². The molecule has 0 heterocycles. The maximum atomic E-state index is 13.0. The Kier molecular flexibility index (Phi) is 15.0. The minimum Gasteiger partial charge on any atom is -0.336 e. The molecule has 0 radical (unpaired) electrons. The molecular weight excluding hydrogens is 454 g/mol. The van der Waals surface area contributed by atoms with Crippen molar-refractivity contribution in [3.63, 3.8) is 0 Å². The van der Waals surface area contributed by atoms with E-state index in [4.69, 9.17) is 0 Å². The van der Waals surface area contributed by atoms with Gasteiger partial charge < -0.3 is 16.0 Å². The molecule has 37 heavy (non-hydrogen) atoms. The van der Waals surface area contributed by atoms with E-state index >= 15 is 0 Å². The Morgan fingerprint density at radius 3 is 1.78 bits per heavy atom. The monoisotopic (exact) mass is 507 g/mol. The highest BCUT2D eigenvalue weighted by atomic mass is 16.2. The van der Waals surface area contributed by atoms with Gasteiger partial charge in [0.1, 0.15) is 0 Å². The average Bonchev–Trinajstić information content (AvgIpc) is 2.89. The average molecular weight is 508 g/mol. The quantitative estimate of drug-likeness (QED) is 0.176. The highest BCUT2D eigenvalue weighted by Gasteiger charge is 2.17. The lowest BCUT2D eigenvalue weighted by molar-refractivity contribution is 0.250. The molecule has 3 N–H and O–H groups in total. The zero-order valence-corrected chi connectivity index (χ0v) is 24.2. The van der Waals surface area contributed by atoms with Crippen LogP contribution in [0.15, 0.2) is 48.5 Å². The van der Waals surface area contributed by atoms with Gasteiger partial charge in [-0.25, -0.2) is 4.79 Å². The van der Waals surface area contributed by atoms with Gasteiger partial charge in [0.2, 0.25) is 0 Å². The van der Waals surface area contributed by atoms with Crippen molar-refractivity contribution >= 4 is 11.7 Å². The lowest BCUT2D eigenvalue weighted by Crippen LogP contribution is -2.38. The highest BCUT2D eigenvalue weighted by Crippen LogP contribution is 2.32. The first-order valence-corrected chi connectivity index (χ1v) is 14.9. The van der Waals surface area contributed by atoms with E-state index in [2.05, 4.69) is 93.0 Å². The third-order valence-electron chi connectivity index (χ3n) is 7.20. The Morgan fingerprint density at radius 2 is 1.24 bits per heavy atom. The van der Waals surface area contributed by atoms with Gasteiger partial charge >= 0.3 is 6.03 Å². The number of carbonyl (C=O) groups is 1. The number of anilines is 1. The van der Waals surface area contributed by atoms with Crippen molar-refractivity contribution < 1.29 is 4.79 Å². The molecule has 0 fully saturated rings. The number of carbonyl (C=O) groups excluding carboxylic acids is 1. The van der Waals surface area contributed by atoms with E-state index in [9.17, 15) is 4.79 Å². The summed E-state index contributed by atoms with van der Waals surface area (Å²) in [4.78, 5) is 13.0. The molecule has 2 amide bonds. The van der Waals surface area contributed by atoms with Gasteiger partial charge in [0.05, 0.1) is 0 Å². The summed E-state index contributed by atoms with van der Waals surface area (Å²) in [6.07, 6.45) is 13.4. The number of para-hydroxylation sites is 1. The number of benzene rings is 2. The molecule has 2 rings (SSSR count). The molecule has 0 spiro atoms. The zero-order valence-electron chi connectivity index (χ0n) is 24.2. The van der Waals surface area contributed by atoms with E-state index in [-0.39, 0.29) is 12.1 Å². The third-order valence-corrected chi connectivity index (χ3v) is 7.20. The molecule has 0 aliphatic rings. The predicted molar refractivity (Wildman–Crippen MR) is 161 cm³/mol. The second-order valence-corrected chi connectivity index (χ2v) is 11.1. The van der Waals surface area contributed by atoms with Crippen LogP contribution in [-0.2, 0) is 0 Å². The smallest absolute Gasteiger partial charge is 0.319 e. The third kappa shape index (κ3) is 11.7. The summed E-state index contributed by atoms with van der Waals surface area (Å²) in [6, 6.07) is 16.7. The number of unbranched alkanes of at least 4 members (excludes halogenated alkanes) is 9. The van der Waals surface area contributed by atoms with Crippen molar-refractivity contribution in [1.29, 1.82) is 0 Å². The second-order valence-electron chi connectivity index (χ2n) is 11.1. The topological polar surface area (TPSA) is 53.2 Å². The minimum atomic E-state index is -0.142. The molecule has 0 saturated carbocycles. The van der Waals surface area contributed by atoms with Crippen LogP contribution in [0.25, 0.3) is 0 Å². The Bertz CT molecular complexity index is 852. The molecule has 2 aromatic rings. The summed E-state index contributed by atoms with van der Waals surface area (Å²) in [6.45, 7) is 12.5. The van der Waals surface area contributed by atoms with E-state index in [0.717, 1.165) is 12.2 Å². The second kappa shape index (κ2) is 18.0. The van der Waals surface area contributed by atoms with Crippen molar-refractivity contribution in [2.45, 2.75) is 117 Å². The Morgan fingerprint density at radius 1 is 0.703 bits per heavy atom. The van der Waals surface area contributed by atoms with Crippen LogP contribution in [0.4, 0.5) is 10.5 Å². The lowest BCUT2D eigenvalue weighted by atomic mass is 9.93. The zero-order chi connectivity index (χ0) is 26.9. The Balaban J connectivity index is 1.83. The van der Waals surface area contributed by atoms with Gasteiger partial charge in [-0.1, -0.05) is 141 Å². The van der Waals surface area contributed by atoms with Crippen LogP contribution >= 0.6 is 0 Å². The first kappa shape index (κ1) is 30.9. The van der Waals surface area contributed by atoms with Gasteiger partial charge in [0.25, 0.3) is 0 Å². The molecule has 4 heteroatoms. The summed E-state index contributed by atoms with van der Waals surface area (Å²) in [7, 11) is 0. The van der Waals surface area contributed by atoms with Crippen molar-refractivity contribution in [2.24, 2.45) is 0 Å². The Hall–Kier alpha value is -2.33. The van der Waals surface area contributed by atoms with Crippen molar-refractivity contribution in [3.05, 3.63) is 65.2 Å². The number of amides is 2. The van der Waals surface area contributed by atoms with E-state index in [1.54, 1.807) is 0 Å². The van der Waals surface area contributed by atoms with Gasteiger partial charge in [0.15, 0.2) is 0 Å². The summed E-state index contributed by atoms with van der Waals surface area (Å²) < 4.78 is 0. The van der Waals surface area contributed by atoms with Gasteiger partial charge in [-0.2, -0.15) is 0 Å². The first-order chi connectivity index (χ1) is 17.9. The number of hydrogen-bond donors (Lipinski definition) is 3. The fourth-order valence-electron chi connectivity index (χ4n) is 4.93. The summed E-state index contributed by atoms with van der Waals surface area (Å²) in [5.41, 5.74) is 4.53. The standard InChI is InChI=1S/C33H53N3O/c1-6-7-8-9-10-11-12-13-14-18-24-34-31(28-20-16-15-17-21-28)25-35-33(37)36-32-29(26(2)3)22-19-23-30(32)27(4)5/h15-17,19-23,26-27,31,34H,6-14,18,24-25H2,1-5H3,(H2,35,36,37)/t31-/m0/s1. The van der Waals surface area contributed by atoms with Crippen LogP contribution in [0, 0.1) is 0 Å². The van der Waals surface area contributed by atoms with Crippen LogP contribution in [-0.4, -0.2) is 19.1 Å². The fraction of sp³-hybridized carbons (Fsp3) is 0.606. The van der Waals surface area contributed by atoms with Crippen molar-refractivity contribution in [1.82, 2.24) is 10.6 Å². The SMILES string of the molecule is CCCCCCCCCCCCN[C@@H](CNC(=O)Nc1c(C(C)C)cccc1C(C)C)c1ccccc1. The minimum absolute atomic E-state index is 0.0930. The first-order valence-electron chi connectivity index (χ1n) is 14.9. The van der Waals surface area contributed by atoms with Gasteiger partial charge in [-0.3, -0.25) is 0 Å². The molecule has 0 unspecified atom stereocenters. The maximum Gasteiger partial charge on any atom is 0.319 e. The molecule has 0 bridgehead atoms. The summed E-state index contributed by atoms with van der Waals surface area (Å²) >= 11 is 0. The number of hydrogen-bond acceptors (Lipinski definition) is 2. The molecule has 1 atom stereocenters. The number of nitrogens with one attached hydrogen (secondary N) is 3. The van der Waals surface area contributed by atoms with Crippen molar-refractivity contribution in [3.8, 4) is 0 Å². The van der Waals surface area contributed by atoms with Gasteiger partial charge in [-0.05, 0) is 41.5 Å². The number of urea groups is 1. The number of rotatable bonds is 18. The summed E-state index contributed by atoms with van der Waals surface area (Å²) in [5, 5.41) is 10.0. The largest absolute Gasteiger partial charge is 0.336 e. The van der Waals surface area contributed by atoms with E-state index in [1.165, 1.54) is 80.9 Å². The molecule has 0 aromatic heterocycles. The van der Waals surface area contributed by atoms with E-state index in [0.29, 0.717) is 18.4 Å². The summed E-state index contributed by atoms with van der Waals surface area (Å²) in [5.74, 6) is 0.683. The Labute approximate surface area is 227 Å². The van der Waals surface area contributed by atoms with Crippen LogP contribution in [0.1, 0.15) is 133 Å². The predicted octanol–water partition coefficient (Wildman–Crippen LogP) is 9.31. The van der Waals surface area contributed by atoms with Crippen LogP contribution in [0.5, 0.6) is 0 Å². The fourth-order valence-corrected chi connectivity index (χ4v) is 4.93. The normalized spacial score (nSPS) is 12.2. The highest BCUT2D eigenvalue weighted by molar-refractivity contribution is 5.91. The molecule has 0 saturated heterocycles. The molecule has 206 valence electrons. The molecule has 0 aliphatic heterocycles. The molecule has 4 nitrogen and oxygen atoms in total. The van der Waals surface area contributed by atoms with E-state index < -0.39 is 0 Å². The van der Waals surface area contributed by atoms with Crippen molar-refractivity contribution in [2.75, 3.05) is 18.4 Å². The van der Waals surface area contributed by atoms with Crippen LogP contribution in [0.2, 0.25) is 0 Å². The molecule has 2 aromatic carbocycles.